The topological polar surface area (TPSA) is 49.9 Å². The van der Waals surface area contributed by atoms with E-state index >= 15 is 0 Å². The van der Waals surface area contributed by atoms with Crippen LogP contribution in [0.2, 0.25) is 0 Å². The van der Waals surface area contributed by atoms with Crippen molar-refractivity contribution < 1.29 is 9.20 Å². The molecule has 0 unspecified atom stereocenters. The lowest BCUT2D eigenvalue weighted by Crippen LogP contribution is -2.37. The monoisotopic (exact) mass is 263 g/mol. The Morgan fingerprint density at radius 1 is 0.900 bits per heavy atom. The van der Waals surface area contributed by atoms with Gasteiger partial charge in [0.1, 0.15) is 0 Å². The first-order chi connectivity index (χ1) is 9.84. The van der Waals surface area contributed by atoms with Crippen molar-refractivity contribution in [3.63, 3.8) is 0 Å². The molecule has 1 aromatic heterocycles. The second-order valence-corrected chi connectivity index (χ2v) is 4.12. The zero-order valence-electron chi connectivity index (χ0n) is 10.5. The third kappa shape index (κ3) is 2.38. The Morgan fingerprint density at radius 3 is 2.25 bits per heavy atom. The molecule has 20 heavy (non-hydrogen) atoms. The molecule has 1 heterocycles. The summed E-state index contributed by atoms with van der Waals surface area (Å²) in [5.41, 5.74) is 1.40. The van der Waals surface area contributed by atoms with Crippen LogP contribution in [0.1, 0.15) is 11.3 Å². The fourth-order valence-electron chi connectivity index (χ4n) is 1.79. The maximum absolute atomic E-state index is 11.7. The van der Waals surface area contributed by atoms with Crippen molar-refractivity contribution in [3.05, 3.63) is 82.3 Å². The first-order valence-electron chi connectivity index (χ1n) is 6.10. The van der Waals surface area contributed by atoms with Crippen LogP contribution in [-0.4, -0.2) is 5.27 Å². The summed E-state index contributed by atoms with van der Waals surface area (Å²) < 4.78 is 6.34. The molecule has 0 bridgehead atoms. The van der Waals surface area contributed by atoms with E-state index in [1.54, 1.807) is 0 Å². The number of benzene rings is 2. The number of nitrogens with one attached hydrogen (secondary N) is 1. The molecule has 0 aliphatic carbocycles. The van der Waals surface area contributed by atoms with E-state index in [0.717, 1.165) is 11.3 Å². The summed E-state index contributed by atoms with van der Waals surface area (Å²) in [6, 6.07) is 18.9. The molecule has 0 fully saturated rings. The van der Waals surface area contributed by atoms with Crippen molar-refractivity contribution in [1.82, 2.24) is 5.27 Å². The lowest BCUT2D eigenvalue weighted by atomic mass is 10.2. The maximum Gasteiger partial charge on any atom is 0.444 e. The van der Waals surface area contributed by atoms with E-state index in [0.29, 0.717) is 0 Å². The van der Waals surface area contributed by atoms with Crippen molar-refractivity contribution in [2.45, 2.75) is 0 Å². The van der Waals surface area contributed by atoms with E-state index in [2.05, 4.69) is 17.1 Å². The standard InChI is InChI=1S/C16H10N2O2/c19-16-15(12-11-13-7-3-1-4-8-13)18(17-20-16)14-9-5-2-6-10-14/h1-10H/p+1. The lowest BCUT2D eigenvalue weighted by molar-refractivity contribution is -0.672. The van der Waals surface area contributed by atoms with Crippen molar-refractivity contribution in [2.75, 3.05) is 0 Å². The van der Waals surface area contributed by atoms with Gasteiger partial charge in [-0.3, -0.25) is 4.52 Å². The summed E-state index contributed by atoms with van der Waals surface area (Å²) >= 11 is 0. The SMILES string of the molecule is O=c1o[nH][n+](-c2ccccc2)c1C#Cc1ccccc1. The van der Waals surface area contributed by atoms with Crippen LogP contribution in [0.3, 0.4) is 0 Å². The fourth-order valence-corrected chi connectivity index (χ4v) is 1.79. The zero-order chi connectivity index (χ0) is 13.8. The Hall–Kier alpha value is -3.06. The van der Waals surface area contributed by atoms with Gasteiger partial charge in [0.2, 0.25) is 5.69 Å². The van der Waals surface area contributed by atoms with Crippen LogP contribution < -0.4 is 10.3 Å². The number of aromatic amines is 1. The molecule has 0 aliphatic rings. The third-order valence-electron chi connectivity index (χ3n) is 2.76. The maximum atomic E-state index is 11.7. The van der Waals surface area contributed by atoms with Gasteiger partial charge in [0.25, 0.3) is 0 Å². The van der Waals surface area contributed by atoms with Crippen LogP contribution in [-0.2, 0) is 0 Å². The molecule has 4 nitrogen and oxygen atoms in total. The van der Waals surface area contributed by atoms with Crippen molar-refractivity contribution in [1.29, 1.82) is 0 Å². The number of aromatic nitrogens is 2. The molecule has 1 N–H and O–H groups in total. The molecule has 0 aliphatic heterocycles. The average Bonchev–Trinajstić information content (AvgIpc) is 2.88. The van der Waals surface area contributed by atoms with E-state index in [-0.39, 0.29) is 5.69 Å². The number of hydrogen-bond acceptors (Lipinski definition) is 2. The number of rotatable bonds is 1. The highest BCUT2D eigenvalue weighted by Gasteiger charge is 2.20. The van der Waals surface area contributed by atoms with E-state index in [4.69, 9.17) is 4.52 Å². The molecular weight excluding hydrogens is 252 g/mol. The van der Waals surface area contributed by atoms with Crippen molar-refractivity contribution in [3.8, 4) is 17.5 Å². The van der Waals surface area contributed by atoms with Gasteiger partial charge in [-0.2, -0.15) is 0 Å². The largest absolute Gasteiger partial charge is 0.444 e. The molecule has 0 atom stereocenters. The van der Waals surface area contributed by atoms with Gasteiger partial charge in [0.15, 0.2) is 0 Å². The van der Waals surface area contributed by atoms with Gasteiger partial charge in [-0.15, -0.1) is 0 Å². The number of nitrogens with zero attached hydrogens (tertiary/aromatic N) is 1. The van der Waals surface area contributed by atoms with Crippen LogP contribution in [0.15, 0.2) is 70.0 Å². The first-order valence-corrected chi connectivity index (χ1v) is 6.10. The van der Waals surface area contributed by atoms with E-state index in [9.17, 15) is 4.79 Å². The Labute approximate surface area is 115 Å². The second kappa shape index (κ2) is 5.29. The molecule has 0 saturated carbocycles. The van der Waals surface area contributed by atoms with Crippen molar-refractivity contribution in [2.24, 2.45) is 0 Å². The molecule has 0 saturated heterocycles. The van der Waals surface area contributed by atoms with Gasteiger partial charge in [-0.1, -0.05) is 42.3 Å². The quantitative estimate of drug-likeness (QED) is 0.536. The molecule has 3 rings (SSSR count). The van der Waals surface area contributed by atoms with Crippen LogP contribution in [0.4, 0.5) is 0 Å². The highest BCUT2D eigenvalue weighted by molar-refractivity contribution is 5.38. The molecule has 4 heteroatoms. The third-order valence-corrected chi connectivity index (χ3v) is 2.76. The number of H-pyrrole nitrogens is 1. The average molecular weight is 263 g/mol. The van der Waals surface area contributed by atoms with Gasteiger partial charge in [0.05, 0.1) is 0 Å². The number of para-hydroxylation sites is 1. The van der Waals surface area contributed by atoms with Crippen LogP contribution in [0.25, 0.3) is 5.69 Å². The second-order valence-electron chi connectivity index (χ2n) is 4.12. The number of hydrogen-bond donors (Lipinski definition) is 1. The minimum atomic E-state index is -0.489. The molecule has 96 valence electrons. The molecule has 0 amide bonds. The first kappa shape index (κ1) is 12.0. The summed E-state index contributed by atoms with van der Waals surface area (Å²) in [4.78, 5) is 11.7. The predicted octanol–water partition coefficient (Wildman–Crippen LogP) is 1.64. The zero-order valence-corrected chi connectivity index (χ0v) is 10.5. The molecule has 0 spiro atoms. The van der Waals surface area contributed by atoms with E-state index in [1.807, 2.05) is 60.7 Å². The van der Waals surface area contributed by atoms with Crippen LogP contribution in [0.5, 0.6) is 0 Å². The minimum absolute atomic E-state index is 0.264. The van der Waals surface area contributed by atoms with Crippen LogP contribution in [0, 0.1) is 11.8 Å². The molecule has 0 radical (unpaired) electrons. The summed E-state index contributed by atoms with van der Waals surface area (Å²) in [5.74, 6) is 5.80. The van der Waals surface area contributed by atoms with Crippen LogP contribution >= 0.6 is 0 Å². The van der Waals surface area contributed by atoms with Gasteiger partial charge in [-0.25, -0.2) is 4.79 Å². The lowest BCUT2D eigenvalue weighted by Gasteiger charge is -1.88. The Kier molecular flexibility index (Phi) is 3.17. The highest BCUT2D eigenvalue weighted by atomic mass is 16.5. The fraction of sp³-hybridized carbons (Fsp3) is 0. The van der Waals surface area contributed by atoms with Gasteiger partial charge in [0, 0.05) is 23.6 Å². The smallest absolute Gasteiger partial charge is 0.281 e. The summed E-state index contributed by atoms with van der Waals surface area (Å²) in [5, 5.41) is 2.55. The van der Waals surface area contributed by atoms with Gasteiger partial charge in [-0.05, 0) is 22.1 Å². The molecular formula is C16H11N2O2+. The predicted molar refractivity (Wildman–Crippen MR) is 73.3 cm³/mol. The minimum Gasteiger partial charge on any atom is -0.281 e. The molecule has 3 aromatic rings. The Balaban J connectivity index is 2.06. The summed E-state index contributed by atoms with van der Waals surface area (Å²) in [6.07, 6.45) is 0. The Morgan fingerprint density at radius 2 is 1.55 bits per heavy atom. The normalized spacial score (nSPS) is 9.80. The van der Waals surface area contributed by atoms with E-state index in [1.165, 1.54) is 4.68 Å². The van der Waals surface area contributed by atoms with Gasteiger partial charge < -0.3 is 0 Å². The summed E-state index contributed by atoms with van der Waals surface area (Å²) in [7, 11) is 0. The highest BCUT2D eigenvalue weighted by Crippen LogP contribution is 1.98. The summed E-state index contributed by atoms with van der Waals surface area (Å²) in [6.45, 7) is 0. The van der Waals surface area contributed by atoms with Gasteiger partial charge >= 0.3 is 11.3 Å². The van der Waals surface area contributed by atoms with Crippen molar-refractivity contribution >= 4 is 0 Å². The Bertz CT molecular complexity index is 821. The van der Waals surface area contributed by atoms with E-state index < -0.39 is 5.63 Å². The molecule has 2 aromatic carbocycles.